The van der Waals surface area contributed by atoms with Gasteiger partial charge in [0, 0.05) is 17.1 Å². The zero-order valence-electron chi connectivity index (χ0n) is 11.1. The van der Waals surface area contributed by atoms with Crippen molar-refractivity contribution in [3.05, 3.63) is 64.7 Å². The molecule has 0 amide bonds. The quantitative estimate of drug-likeness (QED) is 0.864. The van der Waals surface area contributed by atoms with Crippen LogP contribution in [0.25, 0.3) is 0 Å². The standard InChI is InChI=1S/C16H18ClNO/c1-11(13-6-8-15(17)9-7-13)18-12(2)14-4-3-5-16(19)10-14/h3-12,18-19H,1-2H3/t11-,12?/m1/s1. The van der Waals surface area contributed by atoms with Gasteiger partial charge in [-0.15, -0.1) is 0 Å². The predicted octanol–water partition coefficient (Wildman–Crippen LogP) is 4.46. The smallest absolute Gasteiger partial charge is 0.115 e. The van der Waals surface area contributed by atoms with Crippen LogP contribution >= 0.6 is 11.6 Å². The first-order valence-electron chi connectivity index (χ1n) is 6.36. The minimum atomic E-state index is 0.165. The van der Waals surface area contributed by atoms with E-state index in [1.165, 1.54) is 5.56 Å². The molecular formula is C16H18ClNO. The molecule has 3 heteroatoms. The van der Waals surface area contributed by atoms with Crippen molar-refractivity contribution in [2.24, 2.45) is 0 Å². The van der Waals surface area contributed by atoms with Crippen LogP contribution < -0.4 is 5.32 Å². The van der Waals surface area contributed by atoms with Crippen molar-refractivity contribution in [3.63, 3.8) is 0 Å². The van der Waals surface area contributed by atoms with Gasteiger partial charge in [-0.3, -0.25) is 0 Å². The number of aromatic hydroxyl groups is 1. The molecule has 0 aliphatic rings. The summed E-state index contributed by atoms with van der Waals surface area (Å²) < 4.78 is 0. The maximum atomic E-state index is 9.50. The van der Waals surface area contributed by atoms with Crippen LogP contribution in [-0.2, 0) is 0 Å². The maximum Gasteiger partial charge on any atom is 0.115 e. The Morgan fingerprint density at radius 1 is 0.947 bits per heavy atom. The van der Waals surface area contributed by atoms with Gasteiger partial charge in [0.1, 0.15) is 5.75 Å². The van der Waals surface area contributed by atoms with Crippen molar-refractivity contribution in [2.75, 3.05) is 0 Å². The highest BCUT2D eigenvalue weighted by Crippen LogP contribution is 2.22. The van der Waals surface area contributed by atoms with Crippen molar-refractivity contribution in [3.8, 4) is 5.75 Å². The molecular weight excluding hydrogens is 258 g/mol. The second-order valence-corrected chi connectivity index (χ2v) is 5.19. The molecule has 0 fully saturated rings. The van der Waals surface area contributed by atoms with E-state index in [1.807, 2.05) is 36.4 Å². The normalized spacial score (nSPS) is 14.1. The molecule has 100 valence electrons. The third kappa shape index (κ3) is 3.72. The second-order valence-electron chi connectivity index (χ2n) is 4.76. The summed E-state index contributed by atoms with van der Waals surface area (Å²) in [4.78, 5) is 0. The SMILES string of the molecule is CC(N[C@H](C)c1ccc(Cl)cc1)c1cccc(O)c1. The fourth-order valence-electron chi connectivity index (χ4n) is 2.11. The maximum absolute atomic E-state index is 9.50. The molecule has 0 aliphatic carbocycles. The molecule has 0 radical (unpaired) electrons. The van der Waals surface area contributed by atoms with E-state index in [2.05, 4.69) is 19.2 Å². The largest absolute Gasteiger partial charge is 0.508 e. The highest BCUT2D eigenvalue weighted by atomic mass is 35.5. The van der Waals surface area contributed by atoms with E-state index < -0.39 is 0 Å². The Bertz CT molecular complexity index is 539. The third-order valence-electron chi connectivity index (χ3n) is 3.24. The topological polar surface area (TPSA) is 32.3 Å². The summed E-state index contributed by atoms with van der Waals surface area (Å²) in [6, 6.07) is 15.5. The zero-order chi connectivity index (χ0) is 13.8. The first-order chi connectivity index (χ1) is 9.06. The Labute approximate surface area is 119 Å². The molecule has 0 saturated heterocycles. The van der Waals surface area contributed by atoms with Gasteiger partial charge in [0.2, 0.25) is 0 Å². The highest BCUT2D eigenvalue weighted by Gasteiger charge is 2.11. The summed E-state index contributed by atoms with van der Waals surface area (Å²) in [5.41, 5.74) is 2.26. The molecule has 0 heterocycles. The lowest BCUT2D eigenvalue weighted by Gasteiger charge is -2.21. The van der Waals surface area contributed by atoms with Crippen molar-refractivity contribution in [2.45, 2.75) is 25.9 Å². The number of benzene rings is 2. The van der Waals surface area contributed by atoms with Crippen LogP contribution in [-0.4, -0.2) is 5.11 Å². The summed E-state index contributed by atoms with van der Waals surface area (Å²) in [7, 11) is 0. The van der Waals surface area contributed by atoms with Crippen molar-refractivity contribution in [1.29, 1.82) is 0 Å². The average molecular weight is 276 g/mol. The van der Waals surface area contributed by atoms with Crippen LogP contribution in [0.3, 0.4) is 0 Å². The summed E-state index contributed by atoms with van der Waals surface area (Å²) >= 11 is 5.89. The van der Waals surface area contributed by atoms with Crippen LogP contribution in [0.1, 0.15) is 37.1 Å². The number of halogens is 1. The van der Waals surface area contributed by atoms with Gasteiger partial charge in [-0.05, 0) is 49.2 Å². The van der Waals surface area contributed by atoms with Crippen LogP contribution in [0.2, 0.25) is 5.02 Å². The molecule has 0 spiro atoms. The monoisotopic (exact) mass is 275 g/mol. The summed E-state index contributed by atoms with van der Waals surface area (Å²) in [5.74, 6) is 0.297. The number of nitrogens with one attached hydrogen (secondary N) is 1. The lowest BCUT2D eigenvalue weighted by molar-refractivity contribution is 0.466. The minimum Gasteiger partial charge on any atom is -0.508 e. The van der Waals surface area contributed by atoms with Gasteiger partial charge >= 0.3 is 0 Å². The summed E-state index contributed by atoms with van der Waals surface area (Å²) in [6.45, 7) is 4.20. The lowest BCUT2D eigenvalue weighted by Crippen LogP contribution is -2.22. The molecule has 2 rings (SSSR count). The molecule has 2 nitrogen and oxygen atoms in total. The van der Waals surface area contributed by atoms with Crippen LogP contribution in [0.5, 0.6) is 5.75 Å². The van der Waals surface area contributed by atoms with Gasteiger partial charge in [-0.2, -0.15) is 0 Å². The molecule has 2 atom stereocenters. The Morgan fingerprint density at radius 3 is 2.21 bits per heavy atom. The van der Waals surface area contributed by atoms with Crippen LogP contribution in [0, 0.1) is 0 Å². The van der Waals surface area contributed by atoms with Crippen molar-refractivity contribution >= 4 is 11.6 Å². The van der Waals surface area contributed by atoms with Crippen molar-refractivity contribution < 1.29 is 5.11 Å². The molecule has 0 bridgehead atoms. The number of phenolic OH excluding ortho intramolecular Hbond substituents is 1. The van der Waals surface area contributed by atoms with E-state index in [0.717, 1.165) is 10.6 Å². The van der Waals surface area contributed by atoms with Gasteiger partial charge < -0.3 is 10.4 Å². The molecule has 2 N–H and O–H groups in total. The van der Waals surface area contributed by atoms with Gasteiger partial charge in [0.05, 0.1) is 0 Å². The first-order valence-corrected chi connectivity index (χ1v) is 6.74. The first kappa shape index (κ1) is 13.9. The Hall–Kier alpha value is -1.51. The fourth-order valence-corrected chi connectivity index (χ4v) is 2.24. The predicted molar refractivity (Wildman–Crippen MR) is 79.5 cm³/mol. The van der Waals surface area contributed by atoms with Crippen LogP contribution in [0.4, 0.5) is 0 Å². The highest BCUT2D eigenvalue weighted by molar-refractivity contribution is 6.30. The van der Waals surface area contributed by atoms with Crippen LogP contribution in [0.15, 0.2) is 48.5 Å². The van der Waals surface area contributed by atoms with Gasteiger partial charge in [-0.25, -0.2) is 0 Å². The van der Waals surface area contributed by atoms with E-state index in [1.54, 1.807) is 12.1 Å². The van der Waals surface area contributed by atoms with Gasteiger partial charge in [0.15, 0.2) is 0 Å². The van der Waals surface area contributed by atoms with E-state index in [9.17, 15) is 5.11 Å². The van der Waals surface area contributed by atoms with E-state index >= 15 is 0 Å². The molecule has 2 aromatic rings. The Kier molecular flexibility index (Phi) is 4.46. The number of phenols is 1. The number of hydrogen-bond donors (Lipinski definition) is 2. The molecule has 0 aliphatic heterocycles. The number of hydrogen-bond acceptors (Lipinski definition) is 2. The van der Waals surface area contributed by atoms with E-state index in [-0.39, 0.29) is 12.1 Å². The lowest BCUT2D eigenvalue weighted by atomic mass is 10.0. The Morgan fingerprint density at radius 2 is 1.58 bits per heavy atom. The zero-order valence-corrected chi connectivity index (χ0v) is 11.9. The Balaban J connectivity index is 2.06. The average Bonchev–Trinajstić information content (AvgIpc) is 2.39. The molecule has 0 aromatic heterocycles. The molecule has 1 unspecified atom stereocenters. The number of rotatable bonds is 4. The molecule has 0 saturated carbocycles. The summed E-state index contributed by atoms with van der Waals surface area (Å²) in [6.07, 6.45) is 0. The summed E-state index contributed by atoms with van der Waals surface area (Å²) in [5, 5.41) is 13.8. The van der Waals surface area contributed by atoms with E-state index in [0.29, 0.717) is 5.75 Å². The molecule has 2 aromatic carbocycles. The fraction of sp³-hybridized carbons (Fsp3) is 0.250. The second kappa shape index (κ2) is 6.09. The third-order valence-corrected chi connectivity index (χ3v) is 3.49. The van der Waals surface area contributed by atoms with Gasteiger partial charge in [0.25, 0.3) is 0 Å². The van der Waals surface area contributed by atoms with Crippen molar-refractivity contribution in [1.82, 2.24) is 5.32 Å². The van der Waals surface area contributed by atoms with Gasteiger partial charge in [-0.1, -0.05) is 35.9 Å². The molecule has 19 heavy (non-hydrogen) atoms. The van der Waals surface area contributed by atoms with E-state index in [4.69, 9.17) is 11.6 Å². The minimum absolute atomic E-state index is 0.165.